The molecule has 0 aliphatic carbocycles. The SMILES string of the molecule is NC(=O)CC1CCN(C(=O)[C@H](N)Cc2ccccc2)CC1. The molecule has 1 atom stereocenters. The van der Waals surface area contributed by atoms with Crippen molar-refractivity contribution in [3.05, 3.63) is 35.9 Å². The van der Waals surface area contributed by atoms with Crippen LogP contribution in [0.15, 0.2) is 30.3 Å². The van der Waals surface area contributed by atoms with Crippen LogP contribution in [0.25, 0.3) is 0 Å². The summed E-state index contributed by atoms with van der Waals surface area (Å²) in [7, 11) is 0. The molecule has 114 valence electrons. The molecule has 0 spiro atoms. The van der Waals surface area contributed by atoms with Crippen molar-refractivity contribution in [2.75, 3.05) is 13.1 Å². The second kappa shape index (κ2) is 7.22. The molecule has 1 fully saturated rings. The highest BCUT2D eigenvalue weighted by atomic mass is 16.2. The minimum atomic E-state index is -0.500. The van der Waals surface area contributed by atoms with Gasteiger partial charge in [0, 0.05) is 19.5 Å². The summed E-state index contributed by atoms with van der Waals surface area (Å²) in [6, 6.07) is 9.29. The number of likely N-dealkylation sites (tertiary alicyclic amines) is 1. The minimum Gasteiger partial charge on any atom is -0.370 e. The van der Waals surface area contributed by atoms with Crippen LogP contribution >= 0.6 is 0 Å². The van der Waals surface area contributed by atoms with Crippen molar-refractivity contribution in [3.63, 3.8) is 0 Å². The number of benzene rings is 1. The van der Waals surface area contributed by atoms with Gasteiger partial charge in [0.2, 0.25) is 11.8 Å². The summed E-state index contributed by atoms with van der Waals surface area (Å²) in [6.45, 7) is 1.33. The molecule has 2 amide bonds. The molecular formula is C16H23N3O2. The zero-order valence-electron chi connectivity index (χ0n) is 12.2. The second-order valence-corrected chi connectivity index (χ2v) is 5.74. The first-order valence-corrected chi connectivity index (χ1v) is 7.43. The molecule has 0 saturated carbocycles. The van der Waals surface area contributed by atoms with Crippen LogP contribution in [0.5, 0.6) is 0 Å². The summed E-state index contributed by atoms with van der Waals surface area (Å²) in [6.07, 6.45) is 2.62. The molecule has 1 heterocycles. The van der Waals surface area contributed by atoms with E-state index < -0.39 is 6.04 Å². The molecular weight excluding hydrogens is 266 g/mol. The van der Waals surface area contributed by atoms with Gasteiger partial charge in [0.05, 0.1) is 6.04 Å². The Morgan fingerprint density at radius 3 is 2.38 bits per heavy atom. The molecule has 1 aromatic carbocycles. The highest BCUT2D eigenvalue weighted by Gasteiger charge is 2.26. The summed E-state index contributed by atoms with van der Waals surface area (Å²) in [4.78, 5) is 25.1. The van der Waals surface area contributed by atoms with E-state index in [1.807, 2.05) is 35.2 Å². The molecule has 0 unspecified atom stereocenters. The fourth-order valence-corrected chi connectivity index (χ4v) is 2.83. The molecule has 5 nitrogen and oxygen atoms in total. The maximum absolute atomic E-state index is 12.3. The third-order valence-electron chi connectivity index (χ3n) is 4.03. The summed E-state index contributed by atoms with van der Waals surface area (Å²) in [5.41, 5.74) is 12.3. The molecule has 1 aliphatic rings. The van der Waals surface area contributed by atoms with Gasteiger partial charge in [-0.1, -0.05) is 30.3 Å². The van der Waals surface area contributed by atoms with Gasteiger partial charge in [-0.3, -0.25) is 9.59 Å². The van der Waals surface area contributed by atoms with Gasteiger partial charge in [-0.05, 0) is 30.7 Å². The Hall–Kier alpha value is -1.88. The standard InChI is InChI=1S/C16H23N3O2/c17-14(10-12-4-2-1-3-5-12)16(21)19-8-6-13(7-9-19)11-15(18)20/h1-5,13-14H,6-11,17H2,(H2,18,20)/t14-/m1/s1. The van der Waals surface area contributed by atoms with Crippen LogP contribution in [0.2, 0.25) is 0 Å². The lowest BCUT2D eigenvalue weighted by molar-refractivity contribution is -0.134. The molecule has 5 heteroatoms. The van der Waals surface area contributed by atoms with Gasteiger partial charge >= 0.3 is 0 Å². The zero-order chi connectivity index (χ0) is 15.2. The van der Waals surface area contributed by atoms with E-state index in [4.69, 9.17) is 11.5 Å². The van der Waals surface area contributed by atoms with E-state index in [1.54, 1.807) is 0 Å². The van der Waals surface area contributed by atoms with Crippen LogP contribution in [-0.2, 0) is 16.0 Å². The first kappa shape index (κ1) is 15.5. The average molecular weight is 289 g/mol. The van der Waals surface area contributed by atoms with Crippen molar-refractivity contribution in [1.82, 2.24) is 4.90 Å². The topological polar surface area (TPSA) is 89.4 Å². The lowest BCUT2D eigenvalue weighted by atomic mass is 9.92. The Balaban J connectivity index is 1.82. The van der Waals surface area contributed by atoms with Crippen LogP contribution in [-0.4, -0.2) is 35.8 Å². The number of primary amides is 1. The smallest absolute Gasteiger partial charge is 0.239 e. The lowest BCUT2D eigenvalue weighted by Gasteiger charge is -2.33. The number of hydrogen-bond donors (Lipinski definition) is 2. The van der Waals surface area contributed by atoms with Crippen LogP contribution in [0, 0.1) is 5.92 Å². The van der Waals surface area contributed by atoms with E-state index in [9.17, 15) is 9.59 Å². The van der Waals surface area contributed by atoms with Gasteiger partial charge in [0.1, 0.15) is 0 Å². The average Bonchev–Trinajstić information content (AvgIpc) is 2.47. The number of rotatable bonds is 5. The lowest BCUT2D eigenvalue weighted by Crippen LogP contribution is -2.48. The Morgan fingerprint density at radius 1 is 1.19 bits per heavy atom. The van der Waals surface area contributed by atoms with Gasteiger partial charge < -0.3 is 16.4 Å². The number of nitrogens with zero attached hydrogens (tertiary/aromatic N) is 1. The first-order valence-electron chi connectivity index (χ1n) is 7.43. The van der Waals surface area contributed by atoms with Crippen molar-refractivity contribution in [2.24, 2.45) is 17.4 Å². The quantitative estimate of drug-likeness (QED) is 0.835. The number of hydrogen-bond acceptors (Lipinski definition) is 3. The molecule has 2 rings (SSSR count). The normalized spacial score (nSPS) is 17.5. The summed E-state index contributed by atoms with van der Waals surface area (Å²) >= 11 is 0. The zero-order valence-corrected chi connectivity index (χ0v) is 12.2. The Labute approximate surface area is 125 Å². The van der Waals surface area contributed by atoms with Crippen LogP contribution in [0.4, 0.5) is 0 Å². The van der Waals surface area contributed by atoms with Crippen molar-refractivity contribution < 1.29 is 9.59 Å². The number of amides is 2. The first-order chi connectivity index (χ1) is 10.1. The fraction of sp³-hybridized carbons (Fsp3) is 0.500. The molecule has 0 bridgehead atoms. The third kappa shape index (κ3) is 4.56. The number of carbonyl (C=O) groups excluding carboxylic acids is 2. The summed E-state index contributed by atoms with van der Waals surface area (Å²) in [5, 5.41) is 0. The second-order valence-electron chi connectivity index (χ2n) is 5.74. The van der Waals surface area contributed by atoms with E-state index in [0.717, 1.165) is 18.4 Å². The Bertz CT molecular complexity index is 482. The third-order valence-corrected chi connectivity index (χ3v) is 4.03. The number of piperidine rings is 1. The highest BCUT2D eigenvalue weighted by Crippen LogP contribution is 2.20. The van der Waals surface area contributed by atoms with E-state index in [1.165, 1.54) is 0 Å². The highest BCUT2D eigenvalue weighted by molar-refractivity contribution is 5.82. The van der Waals surface area contributed by atoms with Crippen LogP contribution in [0.1, 0.15) is 24.8 Å². The number of nitrogens with two attached hydrogens (primary N) is 2. The molecule has 1 saturated heterocycles. The molecule has 21 heavy (non-hydrogen) atoms. The van der Waals surface area contributed by atoms with Crippen molar-refractivity contribution >= 4 is 11.8 Å². The monoisotopic (exact) mass is 289 g/mol. The van der Waals surface area contributed by atoms with E-state index in [0.29, 0.717) is 31.8 Å². The van der Waals surface area contributed by atoms with Crippen molar-refractivity contribution in [1.29, 1.82) is 0 Å². The fourth-order valence-electron chi connectivity index (χ4n) is 2.83. The van der Waals surface area contributed by atoms with E-state index in [2.05, 4.69) is 0 Å². The van der Waals surface area contributed by atoms with Crippen LogP contribution < -0.4 is 11.5 Å². The van der Waals surface area contributed by atoms with Gasteiger partial charge in [-0.15, -0.1) is 0 Å². The Morgan fingerprint density at radius 2 is 1.81 bits per heavy atom. The molecule has 0 radical (unpaired) electrons. The van der Waals surface area contributed by atoms with Gasteiger partial charge in [-0.25, -0.2) is 0 Å². The predicted octanol–water partition coefficient (Wildman–Crippen LogP) is 0.670. The van der Waals surface area contributed by atoms with Gasteiger partial charge in [0.25, 0.3) is 0 Å². The predicted molar refractivity (Wildman–Crippen MR) is 81.2 cm³/mol. The Kier molecular flexibility index (Phi) is 5.33. The summed E-state index contributed by atoms with van der Waals surface area (Å²) < 4.78 is 0. The molecule has 0 aromatic heterocycles. The molecule has 1 aromatic rings. The van der Waals surface area contributed by atoms with Crippen molar-refractivity contribution in [3.8, 4) is 0 Å². The molecule has 1 aliphatic heterocycles. The largest absolute Gasteiger partial charge is 0.370 e. The van der Waals surface area contributed by atoms with Crippen LogP contribution in [0.3, 0.4) is 0 Å². The maximum Gasteiger partial charge on any atom is 0.239 e. The molecule has 4 N–H and O–H groups in total. The van der Waals surface area contributed by atoms with E-state index in [-0.39, 0.29) is 11.8 Å². The number of carbonyl (C=O) groups is 2. The summed E-state index contributed by atoms with van der Waals surface area (Å²) in [5.74, 6) is 0.0360. The van der Waals surface area contributed by atoms with E-state index >= 15 is 0 Å². The minimum absolute atomic E-state index is 0.00335. The van der Waals surface area contributed by atoms with Gasteiger partial charge in [-0.2, -0.15) is 0 Å². The maximum atomic E-state index is 12.3. The van der Waals surface area contributed by atoms with Crippen molar-refractivity contribution in [2.45, 2.75) is 31.7 Å². The van der Waals surface area contributed by atoms with Gasteiger partial charge in [0.15, 0.2) is 0 Å².